The summed E-state index contributed by atoms with van der Waals surface area (Å²) in [6.45, 7) is 8.00. The van der Waals surface area contributed by atoms with Gasteiger partial charge in [0.15, 0.2) is 17.7 Å². The van der Waals surface area contributed by atoms with E-state index in [1.807, 2.05) is 0 Å². The van der Waals surface area contributed by atoms with Gasteiger partial charge in [-0.1, -0.05) is 37.6 Å². The lowest BCUT2D eigenvalue weighted by molar-refractivity contribution is -0.131. The number of carbonyl (C=O) groups is 2. The summed E-state index contributed by atoms with van der Waals surface area (Å²) in [7, 11) is 0. The molecule has 1 atom stereocenters. The fourth-order valence-electron chi connectivity index (χ4n) is 2.43. The number of ether oxygens (including phenoxy) is 1. The first-order chi connectivity index (χ1) is 13.7. The lowest BCUT2D eigenvalue weighted by Crippen LogP contribution is -2.46. The predicted molar refractivity (Wildman–Crippen MR) is 109 cm³/mol. The number of nitrogens with one attached hydrogen (secondary N) is 2. The molecular weight excluding hydrogens is 399 g/mol. The van der Waals surface area contributed by atoms with Crippen molar-refractivity contribution in [3.8, 4) is 5.75 Å². The average molecular weight is 423 g/mol. The first-order valence-electron chi connectivity index (χ1n) is 9.11. The fourth-order valence-corrected chi connectivity index (χ4v) is 2.74. The molecule has 2 N–H and O–H groups in total. The zero-order valence-corrected chi connectivity index (χ0v) is 17.5. The highest BCUT2D eigenvalue weighted by Crippen LogP contribution is 2.22. The van der Waals surface area contributed by atoms with Crippen molar-refractivity contribution in [1.29, 1.82) is 0 Å². The third-order valence-electron chi connectivity index (χ3n) is 3.87. The van der Waals surface area contributed by atoms with E-state index in [1.54, 1.807) is 17.7 Å². The van der Waals surface area contributed by atoms with Crippen LogP contribution < -0.4 is 15.6 Å². The highest BCUT2D eigenvalue weighted by Gasteiger charge is 2.17. The Morgan fingerprint density at radius 1 is 1.28 bits per heavy atom. The van der Waals surface area contributed by atoms with Crippen molar-refractivity contribution in [3.05, 3.63) is 52.6 Å². The molecule has 0 aliphatic carbocycles. The van der Waals surface area contributed by atoms with E-state index >= 15 is 0 Å². The smallest absolute Gasteiger partial charge is 0.279 e. The Morgan fingerprint density at radius 2 is 1.97 bits per heavy atom. The molecule has 2 rings (SSSR count). The van der Waals surface area contributed by atoms with Crippen molar-refractivity contribution in [2.24, 2.45) is 5.92 Å². The minimum Gasteiger partial charge on any atom is -0.478 e. The number of hydrogen-bond donors (Lipinski definition) is 2. The van der Waals surface area contributed by atoms with Gasteiger partial charge in [0.2, 0.25) is 0 Å². The molecule has 0 aliphatic rings. The van der Waals surface area contributed by atoms with Crippen molar-refractivity contribution in [1.82, 2.24) is 20.6 Å². The van der Waals surface area contributed by atoms with E-state index in [0.717, 1.165) is 0 Å². The van der Waals surface area contributed by atoms with Crippen molar-refractivity contribution in [3.63, 3.8) is 0 Å². The van der Waals surface area contributed by atoms with E-state index in [4.69, 9.17) is 16.3 Å². The molecule has 1 aromatic heterocycles. The molecule has 0 saturated carbocycles. The van der Waals surface area contributed by atoms with Gasteiger partial charge in [0.05, 0.1) is 5.69 Å². The topological polar surface area (TPSA) is 85.3 Å². The minimum absolute atomic E-state index is 0.0510. The van der Waals surface area contributed by atoms with Crippen LogP contribution in [0, 0.1) is 18.7 Å². The van der Waals surface area contributed by atoms with Crippen LogP contribution in [0.3, 0.4) is 0 Å². The number of halogens is 2. The summed E-state index contributed by atoms with van der Waals surface area (Å²) >= 11 is 6.32. The van der Waals surface area contributed by atoms with Gasteiger partial charge < -0.3 is 4.74 Å². The largest absolute Gasteiger partial charge is 0.478 e. The van der Waals surface area contributed by atoms with Crippen LogP contribution >= 0.6 is 11.6 Å². The van der Waals surface area contributed by atoms with Gasteiger partial charge in [-0.05, 0) is 38.0 Å². The Bertz CT molecular complexity index is 911. The first-order valence-corrected chi connectivity index (χ1v) is 9.48. The van der Waals surface area contributed by atoms with Crippen LogP contribution in [0.5, 0.6) is 5.75 Å². The molecule has 1 aromatic carbocycles. The summed E-state index contributed by atoms with van der Waals surface area (Å²) in [6.07, 6.45) is 1.75. The molecule has 2 aromatic rings. The maximum absolute atomic E-state index is 13.6. The third kappa shape index (κ3) is 6.32. The van der Waals surface area contributed by atoms with Gasteiger partial charge >= 0.3 is 0 Å². The number of rotatable bonds is 7. The number of nitrogens with zero attached hydrogens (tertiary/aromatic N) is 2. The van der Waals surface area contributed by atoms with Gasteiger partial charge in [0, 0.05) is 18.2 Å². The Morgan fingerprint density at radius 3 is 2.62 bits per heavy atom. The highest BCUT2D eigenvalue weighted by atomic mass is 35.5. The van der Waals surface area contributed by atoms with E-state index in [-0.39, 0.29) is 5.75 Å². The second-order valence-corrected chi connectivity index (χ2v) is 7.23. The summed E-state index contributed by atoms with van der Waals surface area (Å²) in [5.74, 6) is -1.46. The minimum atomic E-state index is -1.01. The number of benzene rings is 1. The SMILES string of the molecule is Cc1nn(CC(C)C)c(Cl)c1/C=C/C(=O)NNC(=O)C(C)Oc1ccccc1F. The summed E-state index contributed by atoms with van der Waals surface area (Å²) in [5, 5.41) is 4.80. The van der Waals surface area contributed by atoms with Crippen LogP contribution in [0.2, 0.25) is 5.15 Å². The summed E-state index contributed by atoms with van der Waals surface area (Å²) < 4.78 is 20.5. The maximum Gasteiger partial charge on any atom is 0.279 e. The molecule has 9 heteroatoms. The molecule has 1 heterocycles. The monoisotopic (exact) mass is 422 g/mol. The number of aromatic nitrogens is 2. The number of aryl methyl sites for hydroxylation is 1. The van der Waals surface area contributed by atoms with Crippen LogP contribution in [-0.2, 0) is 16.1 Å². The van der Waals surface area contributed by atoms with E-state index in [1.165, 1.54) is 37.3 Å². The van der Waals surface area contributed by atoms with E-state index in [9.17, 15) is 14.0 Å². The Hall–Kier alpha value is -2.87. The zero-order chi connectivity index (χ0) is 21.6. The third-order valence-corrected chi connectivity index (χ3v) is 4.27. The standard InChI is InChI=1S/C20H24ClFN4O3/c1-12(2)11-26-19(21)15(13(3)25-26)9-10-18(27)23-24-20(28)14(4)29-17-8-6-5-7-16(17)22/h5-10,12,14H,11H2,1-4H3,(H,23,27)(H,24,28)/b10-9+. The molecule has 0 bridgehead atoms. The van der Waals surface area contributed by atoms with E-state index in [0.29, 0.717) is 28.9 Å². The van der Waals surface area contributed by atoms with Gasteiger partial charge in [-0.25, -0.2) is 4.39 Å². The highest BCUT2D eigenvalue weighted by molar-refractivity contribution is 6.31. The van der Waals surface area contributed by atoms with Gasteiger partial charge in [0.1, 0.15) is 5.15 Å². The summed E-state index contributed by atoms with van der Waals surface area (Å²) in [5.41, 5.74) is 5.79. The molecule has 0 fully saturated rings. The lowest BCUT2D eigenvalue weighted by Gasteiger charge is -2.15. The van der Waals surface area contributed by atoms with Crippen molar-refractivity contribution in [2.45, 2.75) is 40.3 Å². The molecule has 29 heavy (non-hydrogen) atoms. The number of carbonyl (C=O) groups excluding carboxylic acids is 2. The van der Waals surface area contributed by atoms with Crippen molar-refractivity contribution in [2.75, 3.05) is 0 Å². The Kier molecular flexibility index (Phi) is 7.78. The quantitative estimate of drug-likeness (QED) is 0.529. The molecule has 7 nitrogen and oxygen atoms in total. The number of hydrazine groups is 1. The predicted octanol–water partition coefficient (Wildman–Crippen LogP) is 3.27. The fraction of sp³-hybridized carbons (Fsp3) is 0.350. The number of amides is 2. The van der Waals surface area contributed by atoms with Gasteiger partial charge in [-0.2, -0.15) is 5.10 Å². The van der Waals surface area contributed by atoms with Crippen LogP contribution in [0.15, 0.2) is 30.3 Å². The molecule has 0 saturated heterocycles. The van der Waals surface area contributed by atoms with Gasteiger partial charge in [0.25, 0.3) is 11.8 Å². The van der Waals surface area contributed by atoms with Crippen LogP contribution in [0.25, 0.3) is 6.08 Å². The second kappa shape index (κ2) is 10.1. The summed E-state index contributed by atoms with van der Waals surface area (Å²) in [6, 6.07) is 5.74. The average Bonchev–Trinajstić information content (AvgIpc) is 2.92. The van der Waals surface area contributed by atoms with Crippen LogP contribution in [0.1, 0.15) is 32.0 Å². The molecule has 0 spiro atoms. The zero-order valence-electron chi connectivity index (χ0n) is 16.7. The lowest BCUT2D eigenvalue weighted by atomic mass is 10.2. The van der Waals surface area contributed by atoms with Crippen LogP contribution in [-0.4, -0.2) is 27.7 Å². The molecule has 0 aliphatic heterocycles. The first kappa shape index (κ1) is 22.4. The number of hydrogen-bond acceptors (Lipinski definition) is 4. The van der Waals surface area contributed by atoms with Gasteiger partial charge in [-0.3, -0.25) is 25.1 Å². The molecular formula is C20H24ClFN4O3. The normalized spacial score (nSPS) is 12.2. The van der Waals surface area contributed by atoms with E-state index < -0.39 is 23.7 Å². The van der Waals surface area contributed by atoms with Crippen molar-refractivity contribution < 1.29 is 18.7 Å². The molecule has 2 amide bonds. The van der Waals surface area contributed by atoms with Gasteiger partial charge in [-0.15, -0.1) is 0 Å². The molecule has 156 valence electrons. The maximum atomic E-state index is 13.6. The van der Waals surface area contributed by atoms with Crippen molar-refractivity contribution >= 4 is 29.5 Å². The Labute approximate surface area is 173 Å². The molecule has 0 radical (unpaired) electrons. The molecule has 1 unspecified atom stereocenters. The number of para-hydroxylation sites is 1. The summed E-state index contributed by atoms with van der Waals surface area (Å²) in [4.78, 5) is 24.0. The second-order valence-electron chi connectivity index (χ2n) is 6.87. The van der Waals surface area contributed by atoms with Crippen LogP contribution in [0.4, 0.5) is 4.39 Å². The van der Waals surface area contributed by atoms with E-state index in [2.05, 4.69) is 29.8 Å². The Balaban J connectivity index is 1.90.